The molecule has 1 atom stereocenters. The zero-order valence-corrected chi connectivity index (χ0v) is 28.0. The third-order valence-electron chi connectivity index (χ3n) is 6.60. The minimum absolute atomic E-state index is 0.0235. The van der Waals surface area contributed by atoms with Crippen LogP contribution in [0.15, 0.2) is 76.5 Å². The van der Waals surface area contributed by atoms with Crippen molar-refractivity contribution in [3.8, 4) is 5.75 Å². The maximum absolute atomic E-state index is 14.1. The van der Waals surface area contributed by atoms with Gasteiger partial charge in [0.25, 0.3) is 10.0 Å². The number of amides is 2. The van der Waals surface area contributed by atoms with E-state index in [4.69, 9.17) is 27.9 Å². The largest absolute Gasteiger partial charge is 0.494 e. The van der Waals surface area contributed by atoms with Gasteiger partial charge in [-0.25, -0.2) is 8.42 Å². The lowest BCUT2D eigenvalue weighted by molar-refractivity contribution is -0.139. The topological polar surface area (TPSA) is 96.0 Å². The summed E-state index contributed by atoms with van der Waals surface area (Å²) in [7, 11) is -4.21. The summed E-state index contributed by atoms with van der Waals surface area (Å²) in [6.45, 7) is 7.53. The molecule has 0 spiro atoms. The number of carbonyl (C=O) groups excluding carboxylic acids is 2. The molecular formula is C31H37Cl2N3O5S2. The molecule has 43 heavy (non-hydrogen) atoms. The molecule has 0 fully saturated rings. The van der Waals surface area contributed by atoms with Gasteiger partial charge in [-0.15, -0.1) is 11.8 Å². The predicted molar refractivity (Wildman–Crippen MR) is 175 cm³/mol. The Balaban J connectivity index is 2.06. The number of hydrogen-bond donors (Lipinski definition) is 1. The quantitative estimate of drug-likeness (QED) is 0.198. The van der Waals surface area contributed by atoms with Gasteiger partial charge in [0, 0.05) is 33.6 Å². The second-order valence-corrected chi connectivity index (χ2v) is 13.7. The Bertz CT molecular complexity index is 1480. The highest BCUT2D eigenvalue weighted by Crippen LogP contribution is 2.30. The Hall–Kier alpha value is -2.92. The highest BCUT2D eigenvalue weighted by Gasteiger charge is 2.33. The first kappa shape index (κ1) is 34.6. The number of sulfonamides is 1. The Morgan fingerprint density at radius 2 is 1.56 bits per heavy atom. The van der Waals surface area contributed by atoms with Crippen LogP contribution < -0.4 is 14.4 Å². The summed E-state index contributed by atoms with van der Waals surface area (Å²) in [5.74, 6) is -0.240. The van der Waals surface area contributed by atoms with Gasteiger partial charge in [0.15, 0.2) is 0 Å². The van der Waals surface area contributed by atoms with Crippen LogP contribution in [-0.2, 0) is 26.2 Å². The first-order chi connectivity index (χ1) is 20.4. The smallest absolute Gasteiger partial charge is 0.264 e. The average Bonchev–Trinajstić information content (AvgIpc) is 2.98. The molecule has 0 aliphatic carbocycles. The highest BCUT2D eigenvalue weighted by molar-refractivity contribution is 7.98. The molecule has 1 N–H and O–H groups in total. The number of rotatable bonds is 14. The van der Waals surface area contributed by atoms with Crippen LogP contribution in [0.5, 0.6) is 5.75 Å². The highest BCUT2D eigenvalue weighted by atomic mass is 35.5. The van der Waals surface area contributed by atoms with Crippen molar-refractivity contribution in [3.05, 3.63) is 82.3 Å². The zero-order chi connectivity index (χ0) is 31.7. The number of nitrogens with zero attached hydrogens (tertiary/aromatic N) is 2. The van der Waals surface area contributed by atoms with Crippen molar-refractivity contribution in [1.82, 2.24) is 10.2 Å². The van der Waals surface area contributed by atoms with Crippen molar-refractivity contribution in [2.24, 2.45) is 5.92 Å². The number of benzene rings is 3. The third kappa shape index (κ3) is 9.04. The van der Waals surface area contributed by atoms with Gasteiger partial charge in [0.05, 0.1) is 17.2 Å². The van der Waals surface area contributed by atoms with E-state index >= 15 is 0 Å². The lowest BCUT2D eigenvalue weighted by Gasteiger charge is -2.32. The summed E-state index contributed by atoms with van der Waals surface area (Å²) in [5, 5.41) is 3.50. The molecule has 3 aromatic carbocycles. The number of anilines is 1. The van der Waals surface area contributed by atoms with Gasteiger partial charge in [0.2, 0.25) is 11.8 Å². The number of nitrogens with one attached hydrogen (secondary N) is 1. The molecular weight excluding hydrogens is 629 g/mol. The van der Waals surface area contributed by atoms with Crippen LogP contribution in [0.4, 0.5) is 5.69 Å². The van der Waals surface area contributed by atoms with Gasteiger partial charge in [0.1, 0.15) is 18.3 Å². The van der Waals surface area contributed by atoms with Crippen LogP contribution in [0, 0.1) is 5.92 Å². The molecule has 2 amide bonds. The SMILES string of the molecule is CCOc1ccc(N(CC(=O)N(Cc2c(Cl)cccc2Cl)[C@H](C)C(=O)NCC(C)C)S(=O)(=O)c2ccc(SC)cc2)cc1. The van der Waals surface area contributed by atoms with Crippen LogP contribution in [0.3, 0.4) is 0 Å². The van der Waals surface area contributed by atoms with Crippen molar-refractivity contribution in [2.45, 2.75) is 50.1 Å². The summed E-state index contributed by atoms with van der Waals surface area (Å²) >= 11 is 14.4. The molecule has 0 radical (unpaired) electrons. The van der Waals surface area contributed by atoms with Gasteiger partial charge in [-0.3, -0.25) is 13.9 Å². The molecule has 0 aliphatic heterocycles. The van der Waals surface area contributed by atoms with Gasteiger partial charge < -0.3 is 15.0 Å². The summed E-state index contributed by atoms with van der Waals surface area (Å²) in [6, 6.07) is 16.9. The van der Waals surface area contributed by atoms with Crippen molar-refractivity contribution < 1.29 is 22.7 Å². The van der Waals surface area contributed by atoms with Gasteiger partial charge in [-0.2, -0.15) is 0 Å². The second kappa shape index (κ2) is 15.7. The number of carbonyl (C=O) groups is 2. The van der Waals surface area contributed by atoms with Crippen molar-refractivity contribution in [1.29, 1.82) is 0 Å². The Kier molecular flexibility index (Phi) is 12.6. The van der Waals surface area contributed by atoms with E-state index in [-0.39, 0.29) is 29.0 Å². The molecule has 12 heteroatoms. The first-order valence-corrected chi connectivity index (χ1v) is 17.2. The molecule has 8 nitrogen and oxygen atoms in total. The van der Waals surface area contributed by atoms with E-state index in [0.29, 0.717) is 34.5 Å². The monoisotopic (exact) mass is 665 g/mol. The fourth-order valence-electron chi connectivity index (χ4n) is 4.17. The van der Waals surface area contributed by atoms with Crippen molar-refractivity contribution >= 4 is 62.5 Å². The molecule has 3 rings (SSSR count). The predicted octanol–water partition coefficient (Wildman–Crippen LogP) is 6.50. The van der Waals surface area contributed by atoms with E-state index < -0.39 is 28.5 Å². The van der Waals surface area contributed by atoms with E-state index in [2.05, 4.69) is 5.32 Å². The molecule has 0 unspecified atom stereocenters. The molecule has 3 aromatic rings. The molecule has 0 aromatic heterocycles. The van der Waals surface area contributed by atoms with Crippen LogP contribution in [0.25, 0.3) is 0 Å². The van der Waals surface area contributed by atoms with Crippen LogP contribution >= 0.6 is 35.0 Å². The average molecular weight is 667 g/mol. The number of hydrogen-bond acceptors (Lipinski definition) is 6. The van der Waals surface area contributed by atoms with E-state index in [9.17, 15) is 18.0 Å². The normalized spacial score (nSPS) is 12.1. The van der Waals surface area contributed by atoms with E-state index in [1.54, 1.807) is 61.5 Å². The standard InChI is InChI=1S/C31H37Cl2N3O5S2/c1-6-41-24-12-10-23(11-13-24)36(43(39,40)26-16-14-25(42-5)15-17-26)20-30(37)35(22(4)31(38)34-18-21(2)3)19-27-28(32)8-7-9-29(27)33/h7-17,21-22H,6,18-20H2,1-5H3,(H,34,38)/t22-/m1/s1. The first-order valence-electron chi connectivity index (χ1n) is 13.8. The van der Waals surface area contributed by atoms with Crippen LogP contribution in [-0.4, -0.2) is 57.1 Å². The Morgan fingerprint density at radius 1 is 0.953 bits per heavy atom. The maximum atomic E-state index is 14.1. The van der Waals surface area contributed by atoms with E-state index in [1.807, 2.05) is 27.0 Å². The lowest BCUT2D eigenvalue weighted by atomic mass is 10.1. The maximum Gasteiger partial charge on any atom is 0.264 e. The number of halogens is 2. The number of ether oxygens (including phenoxy) is 1. The second-order valence-electron chi connectivity index (χ2n) is 10.2. The molecule has 0 saturated carbocycles. The fraction of sp³-hybridized carbons (Fsp3) is 0.355. The lowest BCUT2D eigenvalue weighted by Crippen LogP contribution is -2.51. The van der Waals surface area contributed by atoms with Crippen molar-refractivity contribution in [2.75, 3.05) is 30.3 Å². The zero-order valence-electron chi connectivity index (χ0n) is 24.8. The van der Waals surface area contributed by atoms with Gasteiger partial charge >= 0.3 is 0 Å². The fourth-order valence-corrected chi connectivity index (χ4v) is 6.51. The van der Waals surface area contributed by atoms with Gasteiger partial charge in [-0.1, -0.05) is 43.1 Å². The van der Waals surface area contributed by atoms with E-state index in [1.165, 1.54) is 28.8 Å². The molecule has 0 aliphatic rings. The summed E-state index contributed by atoms with van der Waals surface area (Å²) in [6.07, 6.45) is 1.90. The summed E-state index contributed by atoms with van der Waals surface area (Å²) < 4.78 is 34.7. The van der Waals surface area contributed by atoms with Crippen LogP contribution in [0.1, 0.15) is 33.3 Å². The molecule has 0 bridgehead atoms. The van der Waals surface area contributed by atoms with Gasteiger partial charge in [-0.05, 0) is 86.7 Å². The minimum Gasteiger partial charge on any atom is -0.494 e. The Morgan fingerprint density at radius 3 is 2.09 bits per heavy atom. The molecule has 0 saturated heterocycles. The van der Waals surface area contributed by atoms with E-state index in [0.717, 1.165) is 9.20 Å². The third-order valence-corrected chi connectivity index (χ3v) is 9.84. The van der Waals surface area contributed by atoms with Crippen molar-refractivity contribution in [3.63, 3.8) is 0 Å². The summed E-state index contributed by atoms with van der Waals surface area (Å²) in [4.78, 5) is 29.5. The minimum atomic E-state index is -4.21. The summed E-state index contributed by atoms with van der Waals surface area (Å²) in [5.41, 5.74) is 0.712. The number of thioether (sulfide) groups is 1. The molecule has 232 valence electrons. The Labute approximate surface area is 268 Å². The van der Waals surface area contributed by atoms with Crippen LogP contribution in [0.2, 0.25) is 10.0 Å². The molecule has 0 heterocycles.